The van der Waals surface area contributed by atoms with Crippen molar-refractivity contribution in [2.45, 2.75) is 12.6 Å². The van der Waals surface area contributed by atoms with Crippen LogP contribution in [0.1, 0.15) is 11.1 Å². The summed E-state index contributed by atoms with van der Waals surface area (Å²) < 4.78 is 39.4. The molecule has 0 radical (unpaired) electrons. The molecule has 0 amide bonds. The first-order valence-corrected chi connectivity index (χ1v) is 6.32. The van der Waals surface area contributed by atoms with E-state index in [-0.39, 0.29) is 0 Å². The van der Waals surface area contributed by atoms with Gasteiger partial charge in [0, 0.05) is 10.7 Å². The predicted molar refractivity (Wildman–Crippen MR) is 69.0 cm³/mol. The van der Waals surface area contributed by atoms with E-state index in [9.17, 15) is 13.2 Å². The minimum absolute atomic E-state index is 0.520. The van der Waals surface area contributed by atoms with E-state index < -0.39 is 11.7 Å². The summed E-state index contributed by atoms with van der Waals surface area (Å²) in [5.74, 6) is 0. The third-order valence-electron chi connectivity index (χ3n) is 2.60. The Morgan fingerprint density at radius 1 is 1.32 bits per heavy atom. The molecule has 0 saturated carbocycles. The van der Waals surface area contributed by atoms with Gasteiger partial charge in [-0.05, 0) is 46.6 Å². The van der Waals surface area contributed by atoms with Crippen molar-refractivity contribution in [3.63, 3.8) is 0 Å². The van der Waals surface area contributed by atoms with E-state index in [1.807, 2.05) is 12.1 Å². The van der Waals surface area contributed by atoms with Crippen LogP contribution in [0.4, 0.5) is 13.2 Å². The molecule has 2 rings (SSSR count). The monoisotopic (exact) mass is 333 g/mol. The molecule has 0 aliphatic heterocycles. The topological polar surface area (TPSA) is 43.8 Å². The van der Waals surface area contributed by atoms with Crippen molar-refractivity contribution in [1.29, 1.82) is 0 Å². The van der Waals surface area contributed by atoms with Gasteiger partial charge >= 0.3 is 6.18 Å². The number of aromatic nitrogens is 2. The van der Waals surface area contributed by atoms with Gasteiger partial charge in [0.1, 0.15) is 0 Å². The van der Waals surface area contributed by atoms with Gasteiger partial charge in [-0.15, -0.1) is 0 Å². The molecule has 0 saturated heterocycles. The van der Waals surface area contributed by atoms with E-state index in [1.54, 1.807) is 6.07 Å². The van der Waals surface area contributed by atoms with Crippen LogP contribution in [0.3, 0.4) is 0 Å². The highest BCUT2D eigenvalue weighted by Crippen LogP contribution is 2.30. The molecule has 0 atom stereocenters. The molecule has 1 aromatic heterocycles. The summed E-state index contributed by atoms with van der Waals surface area (Å²) in [6.07, 6.45) is -1.90. The normalized spacial score (nSPS) is 11.8. The van der Waals surface area contributed by atoms with Crippen molar-refractivity contribution in [2.75, 3.05) is 6.54 Å². The van der Waals surface area contributed by atoms with Gasteiger partial charge in [-0.25, -0.2) is 4.68 Å². The second-order valence-corrected chi connectivity index (χ2v) is 4.85. The van der Waals surface area contributed by atoms with Gasteiger partial charge < -0.3 is 5.73 Å². The Morgan fingerprint density at radius 2 is 2.05 bits per heavy atom. The van der Waals surface area contributed by atoms with Crippen molar-refractivity contribution >= 4 is 15.9 Å². The number of rotatable bonds is 3. The predicted octanol–water partition coefficient (Wildman–Crippen LogP) is 3.15. The quantitative estimate of drug-likeness (QED) is 0.937. The van der Waals surface area contributed by atoms with Gasteiger partial charge in [0.05, 0.1) is 17.4 Å². The fourth-order valence-electron chi connectivity index (χ4n) is 1.66. The highest BCUT2D eigenvalue weighted by Gasteiger charge is 2.32. The van der Waals surface area contributed by atoms with Crippen LogP contribution >= 0.6 is 15.9 Å². The maximum atomic E-state index is 12.5. The van der Waals surface area contributed by atoms with Crippen molar-refractivity contribution in [2.24, 2.45) is 5.73 Å². The first-order chi connectivity index (χ1) is 8.91. The molecule has 0 unspecified atom stereocenters. The molecule has 7 heteroatoms. The molecule has 102 valence electrons. The zero-order valence-electron chi connectivity index (χ0n) is 9.78. The SMILES string of the molecule is NCCc1ccc(-n2cc(C(F)(F)F)cn2)c(Br)c1. The van der Waals surface area contributed by atoms with Crippen LogP contribution in [0.15, 0.2) is 35.1 Å². The number of hydrogen-bond donors (Lipinski definition) is 1. The molecule has 1 aromatic carbocycles. The van der Waals surface area contributed by atoms with Crippen molar-refractivity contribution < 1.29 is 13.2 Å². The van der Waals surface area contributed by atoms with E-state index >= 15 is 0 Å². The Hall–Kier alpha value is -1.34. The minimum Gasteiger partial charge on any atom is -0.330 e. The van der Waals surface area contributed by atoms with Crippen LogP contribution in [-0.2, 0) is 12.6 Å². The average Bonchev–Trinajstić information content (AvgIpc) is 2.78. The Morgan fingerprint density at radius 3 is 2.58 bits per heavy atom. The Balaban J connectivity index is 2.34. The van der Waals surface area contributed by atoms with E-state index in [0.29, 0.717) is 23.1 Å². The van der Waals surface area contributed by atoms with Crippen molar-refractivity contribution in [3.8, 4) is 5.69 Å². The van der Waals surface area contributed by atoms with Crippen LogP contribution in [0.2, 0.25) is 0 Å². The van der Waals surface area contributed by atoms with Gasteiger partial charge in [-0.3, -0.25) is 0 Å². The fourth-order valence-corrected chi connectivity index (χ4v) is 2.27. The van der Waals surface area contributed by atoms with E-state index in [2.05, 4.69) is 21.0 Å². The second kappa shape index (κ2) is 5.34. The standard InChI is InChI=1S/C12H11BrF3N3/c13-10-5-8(3-4-17)1-2-11(10)19-7-9(6-18-19)12(14,15)16/h1-2,5-7H,3-4,17H2. The molecule has 0 aliphatic carbocycles. The summed E-state index contributed by atoms with van der Waals surface area (Å²) in [5.41, 5.74) is 6.25. The molecule has 2 N–H and O–H groups in total. The highest BCUT2D eigenvalue weighted by molar-refractivity contribution is 9.10. The Labute approximate surface area is 116 Å². The lowest BCUT2D eigenvalue weighted by Crippen LogP contribution is -2.04. The number of alkyl halides is 3. The zero-order chi connectivity index (χ0) is 14.0. The lowest BCUT2D eigenvalue weighted by atomic mass is 10.1. The van der Waals surface area contributed by atoms with E-state index in [1.165, 1.54) is 4.68 Å². The molecular weight excluding hydrogens is 323 g/mol. The maximum Gasteiger partial charge on any atom is 0.419 e. The summed E-state index contributed by atoms with van der Waals surface area (Å²) in [7, 11) is 0. The number of halogens is 4. The van der Waals surface area contributed by atoms with E-state index in [4.69, 9.17) is 5.73 Å². The van der Waals surface area contributed by atoms with Crippen LogP contribution in [0.5, 0.6) is 0 Å². The van der Waals surface area contributed by atoms with Gasteiger partial charge in [-0.1, -0.05) is 6.07 Å². The largest absolute Gasteiger partial charge is 0.419 e. The van der Waals surface area contributed by atoms with Crippen LogP contribution in [-0.4, -0.2) is 16.3 Å². The summed E-state index contributed by atoms with van der Waals surface area (Å²) in [6, 6.07) is 5.36. The van der Waals surface area contributed by atoms with Gasteiger partial charge in [0.2, 0.25) is 0 Å². The molecule has 0 spiro atoms. The maximum absolute atomic E-state index is 12.5. The van der Waals surface area contributed by atoms with Gasteiger partial charge in [0.25, 0.3) is 0 Å². The molecule has 3 nitrogen and oxygen atoms in total. The van der Waals surface area contributed by atoms with Gasteiger partial charge in [0.15, 0.2) is 0 Å². The number of nitrogens with two attached hydrogens (primary N) is 1. The third-order valence-corrected chi connectivity index (χ3v) is 3.24. The lowest BCUT2D eigenvalue weighted by molar-refractivity contribution is -0.137. The fraction of sp³-hybridized carbons (Fsp3) is 0.250. The summed E-state index contributed by atoms with van der Waals surface area (Å²) in [4.78, 5) is 0. The lowest BCUT2D eigenvalue weighted by Gasteiger charge is -2.07. The first-order valence-electron chi connectivity index (χ1n) is 5.52. The molecule has 0 bridgehead atoms. The summed E-state index contributed by atoms with van der Waals surface area (Å²) in [5, 5.41) is 3.73. The number of hydrogen-bond acceptors (Lipinski definition) is 2. The molecule has 0 fully saturated rings. The Bertz CT molecular complexity index is 578. The molecule has 0 aliphatic rings. The van der Waals surface area contributed by atoms with Crippen LogP contribution in [0.25, 0.3) is 5.69 Å². The molecular formula is C12H11BrF3N3. The third kappa shape index (κ3) is 3.16. The van der Waals surface area contributed by atoms with Crippen LogP contribution in [0, 0.1) is 0 Å². The second-order valence-electron chi connectivity index (χ2n) is 4.00. The van der Waals surface area contributed by atoms with E-state index in [0.717, 1.165) is 18.0 Å². The van der Waals surface area contributed by atoms with Crippen molar-refractivity contribution in [1.82, 2.24) is 9.78 Å². The number of benzene rings is 1. The van der Waals surface area contributed by atoms with Crippen LogP contribution < -0.4 is 5.73 Å². The van der Waals surface area contributed by atoms with Crippen molar-refractivity contribution in [3.05, 3.63) is 46.2 Å². The first kappa shape index (κ1) is 14.1. The molecule has 2 aromatic rings. The molecule has 19 heavy (non-hydrogen) atoms. The number of nitrogens with zero attached hydrogens (tertiary/aromatic N) is 2. The smallest absolute Gasteiger partial charge is 0.330 e. The highest BCUT2D eigenvalue weighted by atomic mass is 79.9. The molecule has 1 heterocycles. The average molecular weight is 334 g/mol. The summed E-state index contributed by atoms with van der Waals surface area (Å²) in [6.45, 7) is 0.520. The zero-order valence-corrected chi connectivity index (χ0v) is 11.4. The minimum atomic E-state index is -4.38. The van der Waals surface area contributed by atoms with Gasteiger partial charge in [-0.2, -0.15) is 18.3 Å². The summed E-state index contributed by atoms with van der Waals surface area (Å²) >= 11 is 3.33. The Kier molecular flexibility index (Phi) is 3.96.